The molecule has 0 fully saturated rings. The van der Waals surface area contributed by atoms with Gasteiger partial charge in [-0.15, -0.1) is 11.3 Å². The predicted octanol–water partition coefficient (Wildman–Crippen LogP) is 3.45. The standard InChI is InChI=1S/C13H15BrFN3S/c1-8-11(19-7-17-8)6-18(2)10-4-3-9(5-16)12(14)13(10)15/h3-4,7H,5-6,16H2,1-2H3. The average molecular weight is 344 g/mol. The van der Waals surface area contributed by atoms with Gasteiger partial charge in [-0.25, -0.2) is 9.37 Å². The minimum absolute atomic E-state index is 0.271. The van der Waals surface area contributed by atoms with Crippen LogP contribution in [0.2, 0.25) is 0 Å². The molecule has 0 aliphatic rings. The van der Waals surface area contributed by atoms with Crippen LogP contribution in [0.3, 0.4) is 0 Å². The number of nitrogens with zero attached hydrogens (tertiary/aromatic N) is 2. The van der Waals surface area contributed by atoms with Crippen LogP contribution in [-0.4, -0.2) is 12.0 Å². The van der Waals surface area contributed by atoms with Gasteiger partial charge in [0.25, 0.3) is 0 Å². The molecule has 2 N–H and O–H groups in total. The molecule has 1 aromatic carbocycles. The molecule has 1 heterocycles. The number of benzene rings is 1. The quantitative estimate of drug-likeness (QED) is 0.924. The Bertz CT molecular complexity index is 585. The summed E-state index contributed by atoms with van der Waals surface area (Å²) in [7, 11) is 1.87. The molecular formula is C13H15BrFN3S. The smallest absolute Gasteiger partial charge is 0.160 e. The Labute approximate surface area is 124 Å². The molecule has 3 nitrogen and oxygen atoms in total. The van der Waals surface area contributed by atoms with Gasteiger partial charge in [0.1, 0.15) is 0 Å². The first kappa shape index (κ1) is 14.4. The molecule has 2 aromatic rings. The normalized spacial score (nSPS) is 10.8. The van der Waals surface area contributed by atoms with Crippen molar-refractivity contribution in [3.05, 3.63) is 44.1 Å². The fourth-order valence-electron chi connectivity index (χ4n) is 1.81. The molecule has 1 aromatic heterocycles. The van der Waals surface area contributed by atoms with Crippen molar-refractivity contribution in [3.8, 4) is 0 Å². The number of aromatic nitrogens is 1. The van der Waals surface area contributed by atoms with Crippen molar-refractivity contribution in [1.29, 1.82) is 0 Å². The van der Waals surface area contributed by atoms with E-state index in [-0.39, 0.29) is 5.82 Å². The second kappa shape index (κ2) is 5.98. The molecule has 0 saturated heterocycles. The summed E-state index contributed by atoms with van der Waals surface area (Å²) in [5.41, 5.74) is 9.68. The molecule has 2 rings (SSSR count). The summed E-state index contributed by atoms with van der Waals surface area (Å²) in [5, 5.41) is 0. The molecule has 0 unspecified atom stereocenters. The number of hydrogen-bond donors (Lipinski definition) is 1. The lowest BCUT2D eigenvalue weighted by atomic mass is 10.2. The molecule has 0 aliphatic carbocycles. The van der Waals surface area contributed by atoms with Crippen LogP contribution in [0.1, 0.15) is 16.1 Å². The van der Waals surface area contributed by atoms with Gasteiger partial charge in [-0.05, 0) is 34.5 Å². The lowest BCUT2D eigenvalue weighted by Gasteiger charge is -2.20. The third-order valence-electron chi connectivity index (χ3n) is 3.00. The van der Waals surface area contributed by atoms with Gasteiger partial charge in [-0.2, -0.15) is 0 Å². The van der Waals surface area contributed by atoms with Gasteiger partial charge in [0.2, 0.25) is 0 Å². The van der Waals surface area contributed by atoms with Gasteiger partial charge in [-0.1, -0.05) is 6.07 Å². The van der Waals surface area contributed by atoms with Crippen LogP contribution in [0.5, 0.6) is 0 Å². The number of nitrogens with two attached hydrogens (primary N) is 1. The highest BCUT2D eigenvalue weighted by Crippen LogP contribution is 2.30. The van der Waals surface area contributed by atoms with Crippen LogP contribution in [0, 0.1) is 12.7 Å². The Kier molecular flexibility index (Phi) is 4.54. The Hall–Kier alpha value is -0.980. The SMILES string of the molecule is Cc1ncsc1CN(C)c1ccc(CN)c(Br)c1F. The van der Waals surface area contributed by atoms with Gasteiger partial charge >= 0.3 is 0 Å². The van der Waals surface area contributed by atoms with E-state index in [9.17, 15) is 4.39 Å². The van der Waals surface area contributed by atoms with Crippen molar-refractivity contribution in [1.82, 2.24) is 4.98 Å². The summed E-state index contributed by atoms with van der Waals surface area (Å²) in [6.07, 6.45) is 0. The highest BCUT2D eigenvalue weighted by molar-refractivity contribution is 9.10. The van der Waals surface area contributed by atoms with Gasteiger partial charge in [0.05, 0.1) is 27.9 Å². The maximum absolute atomic E-state index is 14.3. The molecule has 0 amide bonds. The minimum Gasteiger partial charge on any atom is -0.367 e. The van der Waals surface area contributed by atoms with Crippen molar-refractivity contribution in [3.63, 3.8) is 0 Å². The van der Waals surface area contributed by atoms with Crippen molar-refractivity contribution in [2.24, 2.45) is 5.73 Å². The largest absolute Gasteiger partial charge is 0.367 e. The Morgan fingerprint density at radius 2 is 2.21 bits per heavy atom. The highest BCUT2D eigenvalue weighted by Gasteiger charge is 2.15. The lowest BCUT2D eigenvalue weighted by Crippen LogP contribution is -2.18. The number of anilines is 1. The van der Waals surface area contributed by atoms with E-state index in [0.717, 1.165) is 16.1 Å². The van der Waals surface area contributed by atoms with Crippen molar-refractivity contribution < 1.29 is 4.39 Å². The zero-order chi connectivity index (χ0) is 14.0. The topological polar surface area (TPSA) is 42.2 Å². The molecule has 102 valence electrons. The summed E-state index contributed by atoms with van der Waals surface area (Å²) in [5.74, 6) is -0.271. The van der Waals surface area contributed by atoms with Gasteiger partial charge in [0.15, 0.2) is 5.82 Å². The van der Waals surface area contributed by atoms with E-state index in [1.54, 1.807) is 17.4 Å². The summed E-state index contributed by atoms with van der Waals surface area (Å²) in [4.78, 5) is 7.22. The maximum atomic E-state index is 14.3. The molecule has 0 bridgehead atoms. The molecule has 0 spiro atoms. The third kappa shape index (κ3) is 2.96. The highest BCUT2D eigenvalue weighted by atomic mass is 79.9. The van der Waals surface area contributed by atoms with Crippen molar-refractivity contribution >= 4 is 33.0 Å². The van der Waals surface area contributed by atoms with E-state index < -0.39 is 0 Å². The summed E-state index contributed by atoms with van der Waals surface area (Å²) >= 11 is 4.84. The van der Waals surface area contributed by atoms with Crippen LogP contribution in [0.25, 0.3) is 0 Å². The first-order valence-corrected chi connectivity index (χ1v) is 7.49. The second-order valence-corrected chi connectivity index (χ2v) is 6.03. The van der Waals surface area contributed by atoms with Crippen LogP contribution < -0.4 is 10.6 Å². The van der Waals surface area contributed by atoms with Crippen LogP contribution >= 0.6 is 27.3 Å². The molecule has 19 heavy (non-hydrogen) atoms. The maximum Gasteiger partial charge on any atom is 0.160 e. The minimum atomic E-state index is -0.271. The number of halogens is 2. The third-order valence-corrected chi connectivity index (χ3v) is 4.78. The summed E-state index contributed by atoms with van der Waals surface area (Å²) < 4.78 is 14.7. The van der Waals surface area contributed by atoms with Gasteiger partial charge in [0, 0.05) is 18.5 Å². The monoisotopic (exact) mass is 343 g/mol. The zero-order valence-electron chi connectivity index (χ0n) is 10.8. The number of rotatable bonds is 4. The van der Waals surface area contributed by atoms with Gasteiger partial charge < -0.3 is 10.6 Å². The Balaban J connectivity index is 2.27. The molecule has 0 aliphatic heterocycles. The first-order valence-electron chi connectivity index (χ1n) is 5.81. The number of thiazole rings is 1. The van der Waals surface area contributed by atoms with E-state index in [4.69, 9.17) is 5.73 Å². The molecule has 0 atom stereocenters. The molecule has 6 heteroatoms. The summed E-state index contributed by atoms with van der Waals surface area (Å²) in [6.45, 7) is 2.92. The predicted molar refractivity (Wildman–Crippen MR) is 80.9 cm³/mol. The second-order valence-electron chi connectivity index (χ2n) is 4.29. The fourth-order valence-corrected chi connectivity index (χ4v) is 3.14. The molecule has 0 saturated carbocycles. The van der Waals surface area contributed by atoms with E-state index in [0.29, 0.717) is 23.2 Å². The Morgan fingerprint density at radius 3 is 2.79 bits per heavy atom. The average Bonchev–Trinajstić information content (AvgIpc) is 2.78. The van der Waals surface area contributed by atoms with E-state index >= 15 is 0 Å². The number of hydrogen-bond acceptors (Lipinski definition) is 4. The van der Waals surface area contributed by atoms with Crippen molar-refractivity contribution in [2.75, 3.05) is 11.9 Å². The first-order chi connectivity index (χ1) is 9.04. The van der Waals surface area contributed by atoms with Crippen LogP contribution in [0.15, 0.2) is 22.1 Å². The van der Waals surface area contributed by atoms with Gasteiger partial charge in [-0.3, -0.25) is 0 Å². The van der Waals surface area contributed by atoms with Crippen LogP contribution in [-0.2, 0) is 13.1 Å². The summed E-state index contributed by atoms with van der Waals surface area (Å²) in [6, 6.07) is 3.61. The molecule has 0 radical (unpaired) electrons. The van der Waals surface area contributed by atoms with Crippen molar-refractivity contribution in [2.45, 2.75) is 20.0 Å². The van der Waals surface area contributed by atoms with E-state index in [1.807, 2.05) is 30.4 Å². The van der Waals surface area contributed by atoms with Crippen LogP contribution in [0.4, 0.5) is 10.1 Å². The lowest BCUT2D eigenvalue weighted by molar-refractivity contribution is 0.613. The van der Waals surface area contributed by atoms with E-state index in [2.05, 4.69) is 20.9 Å². The Morgan fingerprint density at radius 1 is 1.47 bits per heavy atom. The fraction of sp³-hybridized carbons (Fsp3) is 0.308. The zero-order valence-corrected chi connectivity index (χ0v) is 13.2. The number of aryl methyl sites for hydroxylation is 1. The molecular weight excluding hydrogens is 329 g/mol. The van der Waals surface area contributed by atoms with E-state index in [1.165, 1.54) is 0 Å².